The third-order valence-corrected chi connectivity index (χ3v) is 4.33. The van der Waals surface area contributed by atoms with Crippen LogP contribution in [0.1, 0.15) is 44.1 Å². The smallest absolute Gasteiger partial charge is 0.0992 e. The molecule has 0 spiro atoms. The number of hydrogen-bond donors (Lipinski definition) is 1. The summed E-state index contributed by atoms with van der Waals surface area (Å²) in [6.45, 7) is 1.01. The Balaban J connectivity index is 1.74. The third kappa shape index (κ3) is 3.74. The number of nitriles is 1. The summed E-state index contributed by atoms with van der Waals surface area (Å²) in [5, 5.41) is 12.2. The van der Waals surface area contributed by atoms with Gasteiger partial charge in [0, 0.05) is 16.7 Å². The fraction of sp³-hybridized carbons (Fsp3) is 0.533. The van der Waals surface area contributed by atoms with Crippen LogP contribution in [0, 0.1) is 17.2 Å². The van der Waals surface area contributed by atoms with Crippen LogP contribution in [-0.4, -0.2) is 6.54 Å². The van der Waals surface area contributed by atoms with E-state index in [1.807, 2.05) is 18.2 Å². The lowest BCUT2D eigenvalue weighted by Crippen LogP contribution is -2.04. The minimum absolute atomic E-state index is 0.693. The van der Waals surface area contributed by atoms with Gasteiger partial charge in [-0.1, -0.05) is 25.7 Å². The first-order valence-electron chi connectivity index (χ1n) is 6.73. The quantitative estimate of drug-likeness (QED) is 0.800. The van der Waals surface area contributed by atoms with Crippen molar-refractivity contribution < 1.29 is 0 Å². The molecule has 3 heteroatoms. The van der Waals surface area contributed by atoms with Crippen molar-refractivity contribution in [3.05, 3.63) is 28.2 Å². The van der Waals surface area contributed by atoms with E-state index in [2.05, 4.69) is 27.3 Å². The molecule has 1 saturated carbocycles. The largest absolute Gasteiger partial charge is 0.384 e. The molecule has 18 heavy (non-hydrogen) atoms. The molecule has 0 heterocycles. The van der Waals surface area contributed by atoms with Gasteiger partial charge in [-0.3, -0.25) is 0 Å². The molecule has 1 fully saturated rings. The second kappa shape index (κ2) is 6.80. The summed E-state index contributed by atoms with van der Waals surface area (Å²) in [7, 11) is 0. The van der Waals surface area contributed by atoms with Crippen LogP contribution in [0.5, 0.6) is 0 Å². The van der Waals surface area contributed by atoms with Crippen LogP contribution in [0.3, 0.4) is 0 Å². The minimum Gasteiger partial charge on any atom is -0.384 e. The predicted octanol–water partition coefficient (Wildman–Crippen LogP) is 4.70. The number of rotatable bonds is 5. The lowest BCUT2D eigenvalue weighted by atomic mass is 10.0. The molecule has 1 N–H and O–H groups in total. The van der Waals surface area contributed by atoms with E-state index in [1.54, 1.807) is 0 Å². The standard InChI is InChI=1S/C15H19BrN2/c16-14-10-13(11-17)7-8-15(14)18-9-3-6-12-4-1-2-5-12/h7-8,10,12,18H,1-6,9H2. The Labute approximate surface area is 118 Å². The lowest BCUT2D eigenvalue weighted by molar-refractivity contribution is 0.491. The lowest BCUT2D eigenvalue weighted by Gasteiger charge is -2.11. The molecule has 1 aliphatic rings. The number of nitrogens with zero attached hydrogens (tertiary/aromatic N) is 1. The van der Waals surface area contributed by atoms with E-state index in [1.165, 1.54) is 38.5 Å². The monoisotopic (exact) mass is 306 g/mol. The molecule has 2 nitrogen and oxygen atoms in total. The van der Waals surface area contributed by atoms with Crippen molar-refractivity contribution in [1.82, 2.24) is 0 Å². The molecule has 0 aromatic heterocycles. The number of halogens is 1. The summed E-state index contributed by atoms with van der Waals surface area (Å²) in [6, 6.07) is 7.82. The Morgan fingerprint density at radius 3 is 2.78 bits per heavy atom. The summed E-state index contributed by atoms with van der Waals surface area (Å²) in [5.41, 5.74) is 1.78. The molecule has 0 aliphatic heterocycles. The van der Waals surface area contributed by atoms with E-state index in [9.17, 15) is 0 Å². The van der Waals surface area contributed by atoms with Gasteiger partial charge >= 0.3 is 0 Å². The predicted molar refractivity (Wildman–Crippen MR) is 78.5 cm³/mol. The van der Waals surface area contributed by atoms with Gasteiger partial charge in [-0.2, -0.15) is 5.26 Å². The van der Waals surface area contributed by atoms with Crippen molar-refractivity contribution >= 4 is 21.6 Å². The van der Waals surface area contributed by atoms with Gasteiger partial charge in [0.1, 0.15) is 0 Å². The highest BCUT2D eigenvalue weighted by Crippen LogP contribution is 2.29. The molecule has 0 unspecified atom stereocenters. The molecule has 0 atom stereocenters. The first-order valence-corrected chi connectivity index (χ1v) is 7.52. The van der Waals surface area contributed by atoms with E-state index in [0.717, 1.165) is 22.6 Å². The fourth-order valence-electron chi connectivity index (χ4n) is 2.64. The maximum atomic E-state index is 8.80. The van der Waals surface area contributed by atoms with E-state index in [0.29, 0.717) is 5.56 Å². The Hall–Kier alpha value is -1.01. The van der Waals surface area contributed by atoms with Crippen LogP contribution in [0.2, 0.25) is 0 Å². The molecule has 0 bridgehead atoms. The highest BCUT2D eigenvalue weighted by Gasteiger charge is 2.13. The van der Waals surface area contributed by atoms with Gasteiger partial charge in [0.05, 0.1) is 11.6 Å². The SMILES string of the molecule is N#Cc1ccc(NCCCC2CCCC2)c(Br)c1. The normalized spacial score (nSPS) is 15.6. The zero-order chi connectivity index (χ0) is 12.8. The number of anilines is 1. The van der Waals surface area contributed by atoms with Crippen molar-refractivity contribution in [2.75, 3.05) is 11.9 Å². The molecule has 96 valence electrons. The molecule has 0 amide bonds. The van der Waals surface area contributed by atoms with Crippen molar-refractivity contribution in [2.45, 2.75) is 38.5 Å². The summed E-state index contributed by atoms with van der Waals surface area (Å²) >= 11 is 3.49. The molecule has 2 rings (SSSR count). The van der Waals surface area contributed by atoms with Crippen LogP contribution >= 0.6 is 15.9 Å². The van der Waals surface area contributed by atoms with Gasteiger partial charge in [0.25, 0.3) is 0 Å². The van der Waals surface area contributed by atoms with Crippen LogP contribution in [-0.2, 0) is 0 Å². The maximum Gasteiger partial charge on any atom is 0.0992 e. The number of hydrogen-bond acceptors (Lipinski definition) is 2. The van der Waals surface area contributed by atoms with E-state index in [-0.39, 0.29) is 0 Å². The van der Waals surface area contributed by atoms with Gasteiger partial charge in [-0.15, -0.1) is 0 Å². The Morgan fingerprint density at radius 2 is 2.11 bits per heavy atom. The van der Waals surface area contributed by atoms with Crippen molar-refractivity contribution in [2.24, 2.45) is 5.92 Å². The average molecular weight is 307 g/mol. The average Bonchev–Trinajstić information content (AvgIpc) is 2.89. The Bertz CT molecular complexity index is 431. The van der Waals surface area contributed by atoms with Crippen LogP contribution in [0.25, 0.3) is 0 Å². The van der Waals surface area contributed by atoms with E-state index >= 15 is 0 Å². The zero-order valence-electron chi connectivity index (χ0n) is 10.6. The topological polar surface area (TPSA) is 35.8 Å². The molecule has 1 aliphatic carbocycles. The Kier molecular flexibility index (Phi) is 5.07. The van der Waals surface area contributed by atoms with Gasteiger partial charge in [-0.25, -0.2) is 0 Å². The highest BCUT2D eigenvalue weighted by molar-refractivity contribution is 9.10. The van der Waals surface area contributed by atoms with Crippen molar-refractivity contribution in [3.8, 4) is 6.07 Å². The zero-order valence-corrected chi connectivity index (χ0v) is 12.2. The van der Waals surface area contributed by atoms with Crippen molar-refractivity contribution in [3.63, 3.8) is 0 Å². The number of nitrogens with one attached hydrogen (secondary N) is 1. The van der Waals surface area contributed by atoms with E-state index in [4.69, 9.17) is 5.26 Å². The Morgan fingerprint density at radius 1 is 1.33 bits per heavy atom. The first-order chi connectivity index (χ1) is 8.79. The molecule has 1 aromatic rings. The number of benzene rings is 1. The maximum absolute atomic E-state index is 8.80. The van der Waals surface area contributed by atoms with Gasteiger partial charge < -0.3 is 5.32 Å². The molecule has 0 radical (unpaired) electrons. The third-order valence-electron chi connectivity index (χ3n) is 3.68. The molecule has 1 aromatic carbocycles. The van der Waals surface area contributed by atoms with Crippen molar-refractivity contribution in [1.29, 1.82) is 5.26 Å². The molecule has 0 saturated heterocycles. The summed E-state index contributed by atoms with van der Waals surface area (Å²) in [6.07, 6.45) is 8.30. The van der Waals surface area contributed by atoms with Crippen LogP contribution in [0.15, 0.2) is 22.7 Å². The van der Waals surface area contributed by atoms with E-state index < -0.39 is 0 Å². The second-order valence-electron chi connectivity index (χ2n) is 5.03. The second-order valence-corrected chi connectivity index (χ2v) is 5.88. The van der Waals surface area contributed by atoms with Gasteiger partial charge in [0.2, 0.25) is 0 Å². The minimum atomic E-state index is 0.693. The van der Waals surface area contributed by atoms with Crippen LogP contribution in [0.4, 0.5) is 5.69 Å². The van der Waals surface area contributed by atoms with Crippen LogP contribution < -0.4 is 5.32 Å². The van der Waals surface area contributed by atoms with Gasteiger partial charge in [0.15, 0.2) is 0 Å². The summed E-state index contributed by atoms with van der Waals surface area (Å²) in [5.74, 6) is 0.969. The van der Waals surface area contributed by atoms with Gasteiger partial charge in [-0.05, 0) is 52.9 Å². The highest BCUT2D eigenvalue weighted by atomic mass is 79.9. The molecular formula is C15H19BrN2. The molecular weight excluding hydrogens is 288 g/mol. The first kappa shape index (κ1) is 13.4. The fourth-order valence-corrected chi connectivity index (χ4v) is 3.16. The summed E-state index contributed by atoms with van der Waals surface area (Å²) in [4.78, 5) is 0. The summed E-state index contributed by atoms with van der Waals surface area (Å²) < 4.78 is 0.974.